The number of aromatic nitrogens is 3. The van der Waals surface area contributed by atoms with Gasteiger partial charge in [0.15, 0.2) is 5.82 Å². The number of hydrogen-bond acceptors (Lipinski definition) is 3. The van der Waals surface area contributed by atoms with E-state index in [-0.39, 0.29) is 0 Å². The van der Waals surface area contributed by atoms with Gasteiger partial charge in [-0.1, -0.05) is 6.92 Å². The Morgan fingerprint density at radius 3 is 2.94 bits per heavy atom. The number of benzene rings is 1. The van der Waals surface area contributed by atoms with Crippen molar-refractivity contribution in [3.63, 3.8) is 0 Å². The molecule has 1 aromatic heterocycles. The summed E-state index contributed by atoms with van der Waals surface area (Å²) >= 11 is 0. The molecule has 0 aliphatic heterocycles. The topological polar surface area (TPSA) is 67.6 Å². The molecule has 0 atom stereocenters. The largest absolute Gasteiger partial charge is 0.399 e. The van der Waals surface area contributed by atoms with Gasteiger partial charge in [0, 0.05) is 12.1 Å². The monoisotopic (exact) mass is 220 g/mol. The molecule has 16 heavy (non-hydrogen) atoms. The number of nitrogen functional groups attached to an aromatic ring is 1. The number of H-pyrrole nitrogens is 1. The highest BCUT2D eigenvalue weighted by molar-refractivity contribution is 5.59. The van der Waals surface area contributed by atoms with Crippen LogP contribution < -0.4 is 5.73 Å². The Morgan fingerprint density at radius 2 is 2.25 bits per heavy atom. The van der Waals surface area contributed by atoms with Crippen LogP contribution >= 0.6 is 0 Å². The maximum Gasteiger partial charge on any atom is 0.184 e. The zero-order chi connectivity index (χ0) is 11.5. The van der Waals surface area contributed by atoms with E-state index in [9.17, 15) is 4.39 Å². The fraction of sp³-hybridized carbons (Fsp3) is 0.273. The molecule has 0 fully saturated rings. The maximum atomic E-state index is 13.6. The summed E-state index contributed by atoms with van der Waals surface area (Å²) in [6.45, 7) is 2.05. The lowest BCUT2D eigenvalue weighted by atomic mass is 10.2. The average Bonchev–Trinajstić information content (AvgIpc) is 2.67. The van der Waals surface area contributed by atoms with Gasteiger partial charge in [-0.3, -0.25) is 5.10 Å². The molecule has 0 spiro atoms. The van der Waals surface area contributed by atoms with E-state index >= 15 is 0 Å². The van der Waals surface area contributed by atoms with Gasteiger partial charge in [0.2, 0.25) is 0 Å². The molecule has 0 unspecified atom stereocenters. The second-order valence-corrected chi connectivity index (χ2v) is 3.59. The van der Waals surface area contributed by atoms with Gasteiger partial charge >= 0.3 is 0 Å². The van der Waals surface area contributed by atoms with Crippen LogP contribution in [-0.4, -0.2) is 15.2 Å². The SMILES string of the molecule is CCCc1nc(-c2ccc(N)cc2F)n[nH]1. The molecule has 0 saturated heterocycles. The number of halogens is 1. The van der Waals surface area contributed by atoms with E-state index in [4.69, 9.17) is 5.73 Å². The molecule has 0 aliphatic carbocycles. The summed E-state index contributed by atoms with van der Waals surface area (Å²) in [5.41, 5.74) is 6.23. The van der Waals surface area contributed by atoms with Crippen molar-refractivity contribution in [2.24, 2.45) is 0 Å². The molecule has 0 bridgehead atoms. The van der Waals surface area contributed by atoms with Gasteiger partial charge < -0.3 is 5.73 Å². The van der Waals surface area contributed by atoms with Gasteiger partial charge in [0.05, 0.1) is 5.56 Å². The summed E-state index contributed by atoms with van der Waals surface area (Å²) in [5.74, 6) is 0.747. The van der Waals surface area contributed by atoms with E-state index in [1.54, 1.807) is 12.1 Å². The lowest BCUT2D eigenvalue weighted by molar-refractivity contribution is 0.630. The summed E-state index contributed by atoms with van der Waals surface area (Å²) in [4.78, 5) is 4.21. The number of aromatic amines is 1. The van der Waals surface area contributed by atoms with Crippen molar-refractivity contribution >= 4 is 5.69 Å². The van der Waals surface area contributed by atoms with Crippen LogP contribution in [0.15, 0.2) is 18.2 Å². The molecule has 0 saturated carbocycles. The van der Waals surface area contributed by atoms with Crippen LogP contribution in [0, 0.1) is 5.82 Å². The third-order valence-corrected chi connectivity index (χ3v) is 2.25. The van der Waals surface area contributed by atoms with Crippen LogP contribution in [0.4, 0.5) is 10.1 Å². The van der Waals surface area contributed by atoms with Crippen LogP contribution in [0.5, 0.6) is 0 Å². The Balaban J connectivity index is 2.35. The molecular weight excluding hydrogens is 207 g/mol. The number of nitrogens with one attached hydrogen (secondary N) is 1. The smallest absolute Gasteiger partial charge is 0.184 e. The predicted octanol–water partition coefficient (Wildman–Crippen LogP) is 2.15. The first kappa shape index (κ1) is 10.6. The summed E-state index contributed by atoms with van der Waals surface area (Å²) in [5, 5.41) is 6.77. The van der Waals surface area contributed by atoms with Gasteiger partial charge in [-0.15, -0.1) is 0 Å². The summed E-state index contributed by atoms with van der Waals surface area (Å²) in [6, 6.07) is 4.49. The van der Waals surface area contributed by atoms with Gasteiger partial charge in [-0.2, -0.15) is 5.10 Å². The van der Waals surface area contributed by atoms with E-state index in [1.807, 2.05) is 6.92 Å². The lowest BCUT2D eigenvalue weighted by Crippen LogP contribution is -1.91. The standard InChI is InChI=1S/C11H13FN4/c1-2-3-10-14-11(16-15-10)8-5-4-7(13)6-9(8)12/h4-6H,2-3,13H2,1H3,(H,14,15,16). The molecule has 4 nitrogen and oxygen atoms in total. The highest BCUT2D eigenvalue weighted by Gasteiger charge is 2.10. The van der Waals surface area contributed by atoms with Gasteiger partial charge in [0.1, 0.15) is 11.6 Å². The lowest BCUT2D eigenvalue weighted by Gasteiger charge is -1.98. The second kappa shape index (κ2) is 4.30. The summed E-state index contributed by atoms with van der Waals surface area (Å²) in [7, 11) is 0. The zero-order valence-corrected chi connectivity index (χ0v) is 9.00. The zero-order valence-electron chi connectivity index (χ0n) is 9.00. The van der Waals surface area contributed by atoms with Crippen molar-refractivity contribution in [1.82, 2.24) is 15.2 Å². The highest BCUT2D eigenvalue weighted by Crippen LogP contribution is 2.21. The van der Waals surface area contributed by atoms with Crippen molar-refractivity contribution in [1.29, 1.82) is 0 Å². The Bertz CT molecular complexity index is 492. The molecule has 0 aliphatic rings. The van der Waals surface area contributed by atoms with Crippen LogP contribution in [0.2, 0.25) is 0 Å². The Kier molecular flexibility index (Phi) is 2.85. The van der Waals surface area contributed by atoms with E-state index in [2.05, 4.69) is 15.2 Å². The Labute approximate surface area is 92.7 Å². The first-order chi connectivity index (χ1) is 7.70. The fourth-order valence-electron chi connectivity index (χ4n) is 1.48. The molecule has 3 N–H and O–H groups in total. The summed E-state index contributed by atoms with van der Waals surface area (Å²) in [6.07, 6.45) is 1.78. The number of nitrogens with zero attached hydrogens (tertiary/aromatic N) is 2. The van der Waals surface area contributed by atoms with Crippen LogP contribution in [0.1, 0.15) is 19.2 Å². The quantitative estimate of drug-likeness (QED) is 0.779. The molecule has 1 heterocycles. The van der Waals surface area contributed by atoms with E-state index in [0.29, 0.717) is 17.1 Å². The normalized spacial score (nSPS) is 10.6. The Morgan fingerprint density at radius 1 is 1.44 bits per heavy atom. The minimum Gasteiger partial charge on any atom is -0.399 e. The van der Waals surface area contributed by atoms with Crippen molar-refractivity contribution in [3.8, 4) is 11.4 Å². The molecule has 1 aromatic carbocycles. The predicted molar refractivity (Wildman–Crippen MR) is 60.2 cm³/mol. The molecule has 84 valence electrons. The number of nitrogens with two attached hydrogens (primary N) is 1. The van der Waals surface area contributed by atoms with Gasteiger partial charge in [-0.05, 0) is 24.6 Å². The first-order valence-electron chi connectivity index (χ1n) is 5.17. The fourth-order valence-corrected chi connectivity index (χ4v) is 1.48. The van der Waals surface area contributed by atoms with Crippen molar-refractivity contribution in [2.45, 2.75) is 19.8 Å². The third-order valence-electron chi connectivity index (χ3n) is 2.25. The van der Waals surface area contributed by atoms with Gasteiger partial charge in [-0.25, -0.2) is 9.37 Å². The number of hydrogen-bond donors (Lipinski definition) is 2. The first-order valence-corrected chi connectivity index (χ1v) is 5.17. The number of anilines is 1. The maximum absolute atomic E-state index is 13.6. The molecule has 0 radical (unpaired) electrons. The highest BCUT2D eigenvalue weighted by atomic mass is 19.1. The van der Waals surface area contributed by atoms with Crippen molar-refractivity contribution in [2.75, 3.05) is 5.73 Å². The third kappa shape index (κ3) is 2.03. The molecule has 5 heteroatoms. The Hall–Kier alpha value is -1.91. The van der Waals surface area contributed by atoms with Crippen molar-refractivity contribution in [3.05, 3.63) is 29.8 Å². The van der Waals surface area contributed by atoms with Crippen molar-refractivity contribution < 1.29 is 4.39 Å². The van der Waals surface area contributed by atoms with Gasteiger partial charge in [0.25, 0.3) is 0 Å². The summed E-state index contributed by atoms with van der Waals surface area (Å²) < 4.78 is 13.6. The minimum atomic E-state index is -0.401. The van der Waals surface area contributed by atoms with E-state index < -0.39 is 5.82 Å². The van der Waals surface area contributed by atoms with E-state index in [0.717, 1.165) is 18.7 Å². The van der Waals surface area contributed by atoms with E-state index in [1.165, 1.54) is 6.07 Å². The second-order valence-electron chi connectivity index (χ2n) is 3.59. The number of rotatable bonds is 3. The molecule has 0 amide bonds. The average molecular weight is 220 g/mol. The number of aryl methyl sites for hydroxylation is 1. The van der Waals surface area contributed by atoms with Crippen LogP contribution in [0.3, 0.4) is 0 Å². The molecular formula is C11H13FN4. The minimum absolute atomic E-state index is 0.368. The van der Waals surface area contributed by atoms with Crippen LogP contribution in [0.25, 0.3) is 11.4 Å². The van der Waals surface area contributed by atoms with Crippen LogP contribution in [-0.2, 0) is 6.42 Å². The molecule has 2 rings (SSSR count). The molecule has 2 aromatic rings.